The number of rotatable bonds is 2. The molecular weight excluding hydrogens is 296 g/mol. The van der Waals surface area contributed by atoms with Crippen LogP contribution in [0.15, 0.2) is 36.4 Å². The van der Waals surface area contributed by atoms with Gasteiger partial charge in [-0.1, -0.05) is 24.3 Å². The van der Waals surface area contributed by atoms with Crippen LogP contribution in [0.3, 0.4) is 0 Å². The van der Waals surface area contributed by atoms with Gasteiger partial charge < -0.3 is 5.73 Å². The van der Waals surface area contributed by atoms with E-state index in [0.29, 0.717) is 6.07 Å². The molecule has 1 nitrogen and oxygen atoms in total. The Morgan fingerprint density at radius 1 is 0.810 bits per heavy atom. The lowest BCUT2D eigenvalue weighted by Crippen LogP contribution is -2.20. The standard InChI is InChI=1S/C14H9F6N/c15-10-6-5-8(11(16)12(10)17)13(21)7-3-1-2-4-9(7)14(18,19)20/h1-6,13H,21H2. The molecule has 0 aromatic heterocycles. The van der Waals surface area contributed by atoms with Gasteiger partial charge in [0.1, 0.15) is 0 Å². The first kappa shape index (κ1) is 15.4. The monoisotopic (exact) mass is 305 g/mol. The molecule has 2 aromatic carbocycles. The SMILES string of the molecule is NC(c1ccccc1C(F)(F)F)c1ccc(F)c(F)c1F. The summed E-state index contributed by atoms with van der Waals surface area (Å²) in [5, 5.41) is 0. The highest BCUT2D eigenvalue weighted by Gasteiger charge is 2.35. The van der Waals surface area contributed by atoms with Crippen LogP contribution in [0.25, 0.3) is 0 Å². The Labute approximate surface area is 116 Å². The average Bonchev–Trinajstić information content (AvgIpc) is 2.43. The van der Waals surface area contributed by atoms with Crippen LogP contribution in [0.1, 0.15) is 22.7 Å². The minimum atomic E-state index is -4.69. The summed E-state index contributed by atoms with van der Waals surface area (Å²) in [7, 11) is 0. The zero-order valence-electron chi connectivity index (χ0n) is 10.4. The van der Waals surface area contributed by atoms with Gasteiger partial charge in [-0.15, -0.1) is 0 Å². The number of halogens is 6. The molecule has 2 rings (SSSR count). The van der Waals surface area contributed by atoms with E-state index in [0.717, 1.165) is 24.3 Å². The summed E-state index contributed by atoms with van der Waals surface area (Å²) in [6, 6.07) is 4.16. The predicted molar refractivity (Wildman–Crippen MR) is 63.8 cm³/mol. The van der Waals surface area contributed by atoms with Crippen LogP contribution < -0.4 is 5.73 Å². The molecule has 0 fully saturated rings. The van der Waals surface area contributed by atoms with Crippen LogP contribution in [-0.4, -0.2) is 0 Å². The normalized spacial score (nSPS) is 13.3. The van der Waals surface area contributed by atoms with Gasteiger partial charge in [0.2, 0.25) is 0 Å². The summed E-state index contributed by atoms with van der Waals surface area (Å²) < 4.78 is 78.3. The summed E-state index contributed by atoms with van der Waals surface area (Å²) in [6.45, 7) is 0. The topological polar surface area (TPSA) is 26.0 Å². The van der Waals surface area contributed by atoms with Crippen molar-refractivity contribution in [2.45, 2.75) is 12.2 Å². The van der Waals surface area contributed by atoms with E-state index in [4.69, 9.17) is 5.73 Å². The van der Waals surface area contributed by atoms with Gasteiger partial charge in [0.25, 0.3) is 0 Å². The Bertz CT molecular complexity index is 665. The molecule has 2 aromatic rings. The third kappa shape index (κ3) is 2.87. The first-order valence-corrected chi connectivity index (χ1v) is 5.78. The fourth-order valence-electron chi connectivity index (χ4n) is 1.97. The van der Waals surface area contributed by atoms with Gasteiger partial charge in [0, 0.05) is 5.56 Å². The van der Waals surface area contributed by atoms with Gasteiger partial charge in [-0.3, -0.25) is 0 Å². The van der Waals surface area contributed by atoms with Gasteiger partial charge in [-0.2, -0.15) is 13.2 Å². The van der Waals surface area contributed by atoms with Crippen molar-refractivity contribution in [3.63, 3.8) is 0 Å². The summed E-state index contributed by atoms with van der Waals surface area (Å²) in [6.07, 6.45) is -4.69. The van der Waals surface area contributed by atoms with E-state index in [2.05, 4.69) is 0 Å². The van der Waals surface area contributed by atoms with Crippen LogP contribution in [0.2, 0.25) is 0 Å². The van der Waals surface area contributed by atoms with Crippen LogP contribution in [-0.2, 0) is 6.18 Å². The van der Waals surface area contributed by atoms with E-state index in [1.807, 2.05) is 0 Å². The zero-order chi connectivity index (χ0) is 15.8. The van der Waals surface area contributed by atoms with E-state index in [1.54, 1.807) is 0 Å². The molecule has 0 aliphatic carbocycles. The van der Waals surface area contributed by atoms with Crippen molar-refractivity contribution in [1.29, 1.82) is 0 Å². The van der Waals surface area contributed by atoms with E-state index < -0.39 is 46.4 Å². The Kier molecular flexibility index (Phi) is 3.95. The lowest BCUT2D eigenvalue weighted by Gasteiger charge is -2.19. The minimum Gasteiger partial charge on any atom is -0.320 e. The number of hydrogen-bond donors (Lipinski definition) is 1. The summed E-state index contributed by atoms with van der Waals surface area (Å²) in [4.78, 5) is 0. The molecule has 0 heterocycles. The number of nitrogens with two attached hydrogens (primary N) is 1. The second-order valence-corrected chi connectivity index (χ2v) is 4.33. The van der Waals surface area contributed by atoms with E-state index in [-0.39, 0.29) is 0 Å². The van der Waals surface area contributed by atoms with Crippen LogP contribution in [0.5, 0.6) is 0 Å². The molecule has 1 unspecified atom stereocenters. The fourth-order valence-corrected chi connectivity index (χ4v) is 1.97. The summed E-state index contributed by atoms with van der Waals surface area (Å²) in [5.41, 5.74) is 3.58. The van der Waals surface area contributed by atoms with Gasteiger partial charge in [-0.05, 0) is 17.7 Å². The van der Waals surface area contributed by atoms with Crippen LogP contribution >= 0.6 is 0 Å². The molecule has 112 valence electrons. The average molecular weight is 305 g/mol. The highest BCUT2D eigenvalue weighted by molar-refractivity contribution is 5.39. The molecule has 0 saturated carbocycles. The van der Waals surface area contributed by atoms with Crippen LogP contribution in [0, 0.1) is 17.5 Å². The van der Waals surface area contributed by atoms with Crippen molar-refractivity contribution >= 4 is 0 Å². The molecule has 0 saturated heterocycles. The minimum absolute atomic E-state index is 0.421. The van der Waals surface area contributed by atoms with Crippen LogP contribution in [0.4, 0.5) is 26.3 Å². The van der Waals surface area contributed by atoms with Crippen molar-refractivity contribution in [2.24, 2.45) is 5.73 Å². The molecule has 0 aliphatic heterocycles. The van der Waals surface area contributed by atoms with Crippen molar-refractivity contribution in [1.82, 2.24) is 0 Å². The van der Waals surface area contributed by atoms with E-state index in [1.165, 1.54) is 6.07 Å². The lowest BCUT2D eigenvalue weighted by molar-refractivity contribution is -0.138. The maximum absolute atomic E-state index is 13.7. The molecule has 0 spiro atoms. The molecule has 7 heteroatoms. The van der Waals surface area contributed by atoms with Crippen molar-refractivity contribution in [2.75, 3.05) is 0 Å². The maximum atomic E-state index is 13.7. The smallest absolute Gasteiger partial charge is 0.320 e. The van der Waals surface area contributed by atoms with Crippen molar-refractivity contribution in [3.05, 3.63) is 70.5 Å². The Hall–Kier alpha value is -2.02. The Morgan fingerprint density at radius 3 is 2.05 bits per heavy atom. The number of hydrogen-bond acceptors (Lipinski definition) is 1. The van der Waals surface area contributed by atoms with Gasteiger partial charge in [0.05, 0.1) is 11.6 Å². The number of benzene rings is 2. The molecule has 0 amide bonds. The Morgan fingerprint density at radius 2 is 1.43 bits per heavy atom. The van der Waals surface area contributed by atoms with E-state index >= 15 is 0 Å². The molecular formula is C14H9F6N. The van der Waals surface area contributed by atoms with Crippen molar-refractivity contribution < 1.29 is 26.3 Å². The molecule has 0 radical (unpaired) electrons. The highest BCUT2D eigenvalue weighted by atomic mass is 19.4. The van der Waals surface area contributed by atoms with Gasteiger partial charge in [-0.25, -0.2) is 13.2 Å². The third-order valence-electron chi connectivity index (χ3n) is 3.00. The quantitative estimate of drug-likeness (QED) is 0.654. The molecule has 21 heavy (non-hydrogen) atoms. The zero-order valence-corrected chi connectivity index (χ0v) is 10.4. The number of alkyl halides is 3. The van der Waals surface area contributed by atoms with Crippen molar-refractivity contribution in [3.8, 4) is 0 Å². The molecule has 0 bridgehead atoms. The predicted octanol–water partition coefficient (Wildman–Crippen LogP) is 4.17. The van der Waals surface area contributed by atoms with Gasteiger partial charge in [0.15, 0.2) is 17.5 Å². The van der Waals surface area contributed by atoms with E-state index in [9.17, 15) is 26.3 Å². The first-order chi connectivity index (χ1) is 9.73. The Balaban J connectivity index is 2.56. The second kappa shape index (κ2) is 5.40. The lowest BCUT2D eigenvalue weighted by atomic mass is 9.94. The first-order valence-electron chi connectivity index (χ1n) is 5.78. The molecule has 0 aliphatic rings. The highest BCUT2D eigenvalue weighted by Crippen LogP contribution is 2.36. The second-order valence-electron chi connectivity index (χ2n) is 4.33. The summed E-state index contributed by atoms with van der Waals surface area (Å²) >= 11 is 0. The third-order valence-corrected chi connectivity index (χ3v) is 3.00. The fraction of sp³-hybridized carbons (Fsp3) is 0.143. The molecule has 2 N–H and O–H groups in total. The molecule has 1 atom stereocenters. The summed E-state index contributed by atoms with van der Waals surface area (Å²) in [5.74, 6) is -4.81. The maximum Gasteiger partial charge on any atom is 0.416 e. The largest absolute Gasteiger partial charge is 0.416 e. The van der Waals surface area contributed by atoms with Gasteiger partial charge >= 0.3 is 6.18 Å².